The molecule has 4 amide bonds. The van der Waals surface area contributed by atoms with Gasteiger partial charge in [0.25, 0.3) is 11.8 Å². The van der Waals surface area contributed by atoms with E-state index in [0.29, 0.717) is 17.0 Å². The highest BCUT2D eigenvalue weighted by Crippen LogP contribution is 2.31. The average Bonchev–Trinajstić information content (AvgIpc) is 3.38. The molecule has 0 saturated carbocycles. The molecule has 1 unspecified atom stereocenters. The molecule has 0 radical (unpaired) electrons. The second-order valence-electron chi connectivity index (χ2n) is 8.04. The Balaban J connectivity index is 1.29. The third-order valence-corrected chi connectivity index (χ3v) is 7.92. The molecule has 3 N–H and O–H groups in total. The lowest BCUT2D eigenvalue weighted by atomic mass is 10.1. The van der Waals surface area contributed by atoms with E-state index in [-0.39, 0.29) is 11.8 Å². The number of anilines is 1. The normalized spacial score (nSPS) is 17.4. The van der Waals surface area contributed by atoms with Crippen LogP contribution in [0.15, 0.2) is 77.7 Å². The molecule has 1 aliphatic rings. The highest BCUT2D eigenvalue weighted by molar-refractivity contribution is 7.99. The first-order chi connectivity index (χ1) is 16.4. The largest absolute Gasteiger partial charge is 0.323 e. The van der Waals surface area contributed by atoms with Crippen LogP contribution in [0.25, 0.3) is 20.8 Å². The molecule has 1 saturated heterocycles. The van der Waals surface area contributed by atoms with Gasteiger partial charge in [0.15, 0.2) is 0 Å². The molecule has 34 heavy (non-hydrogen) atoms. The molecule has 0 spiro atoms. The Bertz CT molecular complexity index is 1380. The molecule has 0 aliphatic carbocycles. The number of carbonyl (C=O) groups is 3. The number of hydrogen-bond acceptors (Lipinski definition) is 6. The number of thiazole rings is 1. The van der Waals surface area contributed by atoms with Gasteiger partial charge in [-0.05, 0) is 55.5 Å². The van der Waals surface area contributed by atoms with Gasteiger partial charge in [0.1, 0.15) is 10.5 Å². The van der Waals surface area contributed by atoms with Crippen molar-refractivity contribution >= 4 is 56.8 Å². The first-order valence-electron chi connectivity index (χ1n) is 10.5. The minimum atomic E-state index is -1.03. The summed E-state index contributed by atoms with van der Waals surface area (Å²) >= 11 is 2.98. The van der Waals surface area contributed by atoms with Crippen molar-refractivity contribution in [2.24, 2.45) is 0 Å². The summed E-state index contributed by atoms with van der Waals surface area (Å²) < 4.78 is 1.13. The van der Waals surface area contributed by atoms with Gasteiger partial charge in [0, 0.05) is 21.9 Å². The van der Waals surface area contributed by atoms with E-state index in [1.165, 1.54) is 11.8 Å². The van der Waals surface area contributed by atoms with Gasteiger partial charge in [-0.1, -0.05) is 24.3 Å². The Labute approximate surface area is 204 Å². The molecule has 0 bridgehead atoms. The maximum absolute atomic E-state index is 13.0. The van der Waals surface area contributed by atoms with Gasteiger partial charge in [0.05, 0.1) is 15.8 Å². The number of amides is 4. The van der Waals surface area contributed by atoms with Gasteiger partial charge in [-0.2, -0.15) is 0 Å². The average molecular weight is 489 g/mol. The summed E-state index contributed by atoms with van der Waals surface area (Å²) in [5.41, 5.74) is 2.10. The molecule has 170 valence electrons. The molecule has 7 nitrogen and oxygen atoms in total. The molecule has 4 aromatic rings. The van der Waals surface area contributed by atoms with Crippen molar-refractivity contribution in [3.63, 3.8) is 0 Å². The summed E-state index contributed by atoms with van der Waals surface area (Å²) in [6, 6.07) is 22.3. The van der Waals surface area contributed by atoms with Gasteiger partial charge in [-0.3, -0.25) is 14.9 Å². The van der Waals surface area contributed by atoms with Crippen molar-refractivity contribution in [3.8, 4) is 10.6 Å². The smallest absolute Gasteiger partial charge is 0.322 e. The summed E-state index contributed by atoms with van der Waals surface area (Å²) in [5.74, 6) is -0.327. The predicted octanol–water partition coefficient (Wildman–Crippen LogP) is 4.91. The molecule has 9 heteroatoms. The minimum Gasteiger partial charge on any atom is -0.323 e. The van der Waals surface area contributed by atoms with Crippen molar-refractivity contribution in [1.29, 1.82) is 0 Å². The molecule has 1 atom stereocenters. The van der Waals surface area contributed by atoms with Gasteiger partial charge in [-0.25, -0.2) is 9.78 Å². The molecular weight excluding hydrogens is 468 g/mol. The number of rotatable bonds is 6. The molecule has 1 aliphatic heterocycles. The number of para-hydroxylation sites is 1. The SMILES string of the molecule is CC1(CSc2ccccc2C(=O)Nc2ccc(-c3nc4ccccc4s3)cc2)NC(=O)NC1=O. The van der Waals surface area contributed by atoms with Crippen LogP contribution in [0.4, 0.5) is 10.5 Å². The molecule has 3 aromatic carbocycles. The van der Waals surface area contributed by atoms with Crippen LogP contribution in [0.3, 0.4) is 0 Å². The zero-order valence-electron chi connectivity index (χ0n) is 18.1. The first-order valence-corrected chi connectivity index (χ1v) is 12.3. The summed E-state index contributed by atoms with van der Waals surface area (Å²) in [6.45, 7) is 1.66. The molecule has 1 fully saturated rings. The van der Waals surface area contributed by atoms with Crippen LogP contribution in [0.2, 0.25) is 0 Å². The van der Waals surface area contributed by atoms with Crippen LogP contribution in [0.1, 0.15) is 17.3 Å². The van der Waals surface area contributed by atoms with Crippen LogP contribution < -0.4 is 16.0 Å². The van der Waals surface area contributed by atoms with Gasteiger partial charge < -0.3 is 10.6 Å². The summed E-state index contributed by atoms with van der Waals surface area (Å²) in [4.78, 5) is 42.0. The third kappa shape index (κ3) is 4.40. The van der Waals surface area contributed by atoms with Crippen LogP contribution in [0, 0.1) is 0 Å². The zero-order chi connectivity index (χ0) is 23.7. The maximum atomic E-state index is 13.0. The fourth-order valence-electron chi connectivity index (χ4n) is 3.57. The minimum absolute atomic E-state index is 0.249. The van der Waals surface area contributed by atoms with Crippen LogP contribution in [-0.4, -0.2) is 34.1 Å². The van der Waals surface area contributed by atoms with Crippen LogP contribution >= 0.6 is 23.1 Å². The number of thioether (sulfide) groups is 1. The number of carbonyl (C=O) groups excluding carboxylic acids is 3. The Kier molecular flexibility index (Phi) is 5.80. The Morgan fingerprint density at radius 1 is 1.03 bits per heavy atom. The summed E-state index contributed by atoms with van der Waals surface area (Å²) in [6.07, 6.45) is 0. The van der Waals surface area contributed by atoms with Crippen molar-refractivity contribution in [1.82, 2.24) is 15.6 Å². The van der Waals surface area contributed by atoms with Gasteiger partial charge >= 0.3 is 6.03 Å². The number of nitrogens with zero attached hydrogens (tertiary/aromatic N) is 1. The van der Waals surface area contributed by atoms with Crippen molar-refractivity contribution in [3.05, 3.63) is 78.4 Å². The van der Waals surface area contributed by atoms with E-state index in [2.05, 4.69) is 20.9 Å². The summed E-state index contributed by atoms with van der Waals surface area (Å²) in [5, 5.41) is 8.76. The number of imide groups is 1. The van der Waals surface area contributed by atoms with Gasteiger partial charge in [0.2, 0.25) is 0 Å². The lowest BCUT2D eigenvalue weighted by Gasteiger charge is -2.20. The van der Waals surface area contributed by atoms with Gasteiger partial charge in [-0.15, -0.1) is 23.1 Å². The summed E-state index contributed by atoms with van der Waals surface area (Å²) in [7, 11) is 0. The fraction of sp³-hybridized carbons (Fsp3) is 0.120. The number of urea groups is 1. The lowest BCUT2D eigenvalue weighted by molar-refractivity contribution is -0.122. The lowest BCUT2D eigenvalue weighted by Crippen LogP contribution is -2.46. The second-order valence-corrected chi connectivity index (χ2v) is 10.1. The molecule has 5 rings (SSSR count). The predicted molar refractivity (Wildman–Crippen MR) is 135 cm³/mol. The molecule has 2 heterocycles. The van der Waals surface area contributed by atoms with E-state index in [9.17, 15) is 14.4 Å². The first kappa shape index (κ1) is 22.1. The molecule has 1 aromatic heterocycles. The highest BCUT2D eigenvalue weighted by Gasteiger charge is 2.41. The Hall–Kier alpha value is -3.69. The van der Waals surface area contributed by atoms with Crippen molar-refractivity contribution in [2.45, 2.75) is 17.4 Å². The van der Waals surface area contributed by atoms with E-state index in [1.54, 1.807) is 30.4 Å². The topological polar surface area (TPSA) is 100 Å². The zero-order valence-corrected chi connectivity index (χ0v) is 19.8. The molecular formula is C25H20N4O3S2. The number of benzene rings is 3. The second kappa shape index (κ2) is 8.92. The third-order valence-electron chi connectivity index (χ3n) is 5.45. The van der Waals surface area contributed by atoms with E-state index in [0.717, 1.165) is 25.7 Å². The van der Waals surface area contributed by atoms with E-state index < -0.39 is 11.6 Å². The highest BCUT2D eigenvalue weighted by atomic mass is 32.2. The van der Waals surface area contributed by atoms with E-state index >= 15 is 0 Å². The Morgan fingerprint density at radius 2 is 1.76 bits per heavy atom. The fourth-order valence-corrected chi connectivity index (χ4v) is 5.68. The van der Waals surface area contributed by atoms with Crippen molar-refractivity contribution in [2.75, 3.05) is 11.1 Å². The standard InChI is InChI=1S/C25H20N4O3S2/c1-25(23(31)28-24(32)29-25)14-33-19-8-4-2-6-17(19)21(30)26-16-12-10-15(11-13-16)22-27-18-7-3-5-9-20(18)34-22/h2-13H,14H2,1H3,(H,26,30)(H2,28,29,31,32). The number of hydrogen-bond donors (Lipinski definition) is 3. The number of aromatic nitrogens is 1. The number of fused-ring (bicyclic) bond motifs is 1. The van der Waals surface area contributed by atoms with Crippen molar-refractivity contribution < 1.29 is 14.4 Å². The van der Waals surface area contributed by atoms with Crippen LogP contribution in [0.5, 0.6) is 0 Å². The number of nitrogens with one attached hydrogen (secondary N) is 3. The van der Waals surface area contributed by atoms with E-state index in [1.807, 2.05) is 60.7 Å². The monoisotopic (exact) mass is 488 g/mol. The maximum Gasteiger partial charge on any atom is 0.322 e. The van der Waals surface area contributed by atoms with E-state index in [4.69, 9.17) is 0 Å². The Morgan fingerprint density at radius 3 is 2.50 bits per heavy atom. The van der Waals surface area contributed by atoms with Crippen LogP contribution in [-0.2, 0) is 4.79 Å². The quantitative estimate of drug-likeness (QED) is 0.265.